The number of carbonyl (C=O) groups excluding carboxylic acids is 2. The van der Waals surface area contributed by atoms with E-state index in [1.54, 1.807) is 13.0 Å². The number of esters is 1. The lowest BCUT2D eigenvalue weighted by Gasteiger charge is -2.52. The Balaban J connectivity index is 2.07. The topological polar surface area (TPSA) is 63.6 Å². The van der Waals surface area contributed by atoms with E-state index in [2.05, 4.69) is 0 Å². The molecule has 0 aromatic rings. The van der Waals surface area contributed by atoms with Crippen LogP contribution in [0, 0.1) is 23.2 Å². The van der Waals surface area contributed by atoms with E-state index in [9.17, 15) is 14.7 Å². The van der Waals surface area contributed by atoms with Crippen molar-refractivity contribution in [2.24, 2.45) is 23.2 Å². The number of hydrogen-bond acceptors (Lipinski definition) is 4. The molecule has 3 aliphatic rings. The highest BCUT2D eigenvalue weighted by atomic mass is 16.6. The third-order valence-corrected chi connectivity index (χ3v) is 5.46. The predicted molar refractivity (Wildman–Crippen MR) is 68.1 cm³/mol. The molecule has 2 aliphatic carbocycles. The van der Waals surface area contributed by atoms with Crippen molar-refractivity contribution in [1.29, 1.82) is 0 Å². The van der Waals surface area contributed by atoms with Gasteiger partial charge in [-0.2, -0.15) is 0 Å². The molecule has 0 aromatic carbocycles. The van der Waals surface area contributed by atoms with Gasteiger partial charge in [0.05, 0.1) is 11.5 Å². The van der Waals surface area contributed by atoms with E-state index in [-0.39, 0.29) is 35.6 Å². The lowest BCUT2D eigenvalue weighted by molar-refractivity contribution is -0.167. The van der Waals surface area contributed by atoms with Crippen LogP contribution in [0.4, 0.5) is 0 Å². The molecule has 1 heterocycles. The first-order chi connectivity index (χ1) is 8.77. The van der Waals surface area contributed by atoms with Crippen molar-refractivity contribution < 1.29 is 19.4 Å². The molecule has 1 saturated carbocycles. The Morgan fingerprint density at radius 3 is 2.74 bits per heavy atom. The summed E-state index contributed by atoms with van der Waals surface area (Å²) in [5.41, 5.74) is -1.72. The zero-order chi connectivity index (χ0) is 14.0. The van der Waals surface area contributed by atoms with Crippen LogP contribution in [-0.2, 0) is 14.3 Å². The summed E-state index contributed by atoms with van der Waals surface area (Å²) in [5.74, 6) is -0.511. The maximum absolute atomic E-state index is 12.3. The molecule has 104 valence electrons. The molecule has 6 atom stereocenters. The van der Waals surface area contributed by atoms with Gasteiger partial charge in [-0.15, -0.1) is 0 Å². The highest BCUT2D eigenvalue weighted by molar-refractivity contribution is 5.96. The van der Waals surface area contributed by atoms with Crippen molar-refractivity contribution in [3.8, 4) is 0 Å². The quantitative estimate of drug-likeness (QED) is 0.673. The van der Waals surface area contributed by atoms with Gasteiger partial charge < -0.3 is 9.84 Å². The summed E-state index contributed by atoms with van der Waals surface area (Å²) in [6.45, 7) is 5.48. The molecule has 1 unspecified atom stereocenters. The highest BCUT2D eigenvalue weighted by Crippen LogP contribution is 2.56. The highest BCUT2D eigenvalue weighted by Gasteiger charge is 2.62. The summed E-state index contributed by atoms with van der Waals surface area (Å²) in [4.78, 5) is 24.1. The van der Waals surface area contributed by atoms with Gasteiger partial charge in [0.1, 0.15) is 6.10 Å². The molecule has 4 heteroatoms. The molecule has 2 fully saturated rings. The molecule has 1 aliphatic heterocycles. The first kappa shape index (κ1) is 12.9. The number of carbonyl (C=O) groups is 2. The monoisotopic (exact) mass is 264 g/mol. The predicted octanol–water partition coefficient (Wildman–Crippen LogP) is 1.47. The average molecular weight is 264 g/mol. The van der Waals surface area contributed by atoms with Crippen molar-refractivity contribution in [3.63, 3.8) is 0 Å². The van der Waals surface area contributed by atoms with Crippen molar-refractivity contribution in [2.45, 2.75) is 45.3 Å². The van der Waals surface area contributed by atoms with Crippen LogP contribution in [0.25, 0.3) is 0 Å². The smallest absolute Gasteiger partial charge is 0.309 e. The average Bonchev–Trinajstić information content (AvgIpc) is 2.60. The van der Waals surface area contributed by atoms with Crippen LogP contribution < -0.4 is 0 Å². The molecule has 0 aromatic heterocycles. The van der Waals surface area contributed by atoms with Gasteiger partial charge in [-0.05, 0) is 31.9 Å². The summed E-state index contributed by atoms with van der Waals surface area (Å²) in [6.07, 6.45) is 4.21. The van der Waals surface area contributed by atoms with E-state index in [0.29, 0.717) is 6.42 Å². The van der Waals surface area contributed by atoms with Crippen molar-refractivity contribution in [3.05, 3.63) is 12.2 Å². The standard InChI is InChI=1S/C15H20O4/c1-8-9-4-6-14(2)10(16)5-7-15(3,18)12(14)11(9)19-13(8)17/h5,7-9,11-12,18H,4,6H2,1-3H3/t8-,9?,11-,12+,14-,15+/m0/s1. The van der Waals surface area contributed by atoms with Gasteiger partial charge in [0.2, 0.25) is 0 Å². The molecule has 0 amide bonds. The van der Waals surface area contributed by atoms with Gasteiger partial charge in [-0.1, -0.05) is 13.8 Å². The SMILES string of the molecule is C[C@@H]1C(=O)O[C@H]2C1CC[C@@]1(C)C(=O)C=C[C@@](C)(O)[C@H]21. The number of allylic oxidation sites excluding steroid dienone is 1. The van der Waals surface area contributed by atoms with E-state index in [1.165, 1.54) is 6.08 Å². The van der Waals surface area contributed by atoms with Gasteiger partial charge in [0, 0.05) is 17.3 Å². The van der Waals surface area contributed by atoms with E-state index >= 15 is 0 Å². The van der Waals surface area contributed by atoms with E-state index in [4.69, 9.17) is 4.74 Å². The fourth-order valence-corrected chi connectivity index (χ4v) is 4.29. The third kappa shape index (κ3) is 1.55. The van der Waals surface area contributed by atoms with Gasteiger partial charge >= 0.3 is 5.97 Å². The molecule has 1 N–H and O–H groups in total. The molecule has 3 rings (SSSR count). The van der Waals surface area contributed by atoms with E-state index in [1.807, 2.05) is 13.8 Å². The largest absolute Gasteiger partial charge is 0.461 e. The number of aliphatic hydroxyl groups is 1. The minimum Gasteiger partial charge on any atom is -0.461 e. The molecule has 0 spiro atoms. The molecule has 4 nitrogen and oxygen atoms in total. The Morgan fingerprint density at radius 1 is 1.37 bits per heavy atom. The lowest BCUT2D eigenvalue weighted by Crippen LogP contribution is -2.59. The lowest BCUT2D eigenvalue weighted by atomic mass is 9.53. The first-order valence-corrected chi connectivity index (χ1v) is 6.94. The number of rotatable bonds is 0. The normalized spacial score (nSPS) is 52.6. The first-order valence-electron chi connectivity index (χ1n) is 6.94. The minimum atomic E-state index is -1.10. The summed E-state index contributed by atoms with van der Waals surface area (Å²) in [6, 6.07) is 0. The maximum atomic E-state index is 12.3. The summed E-state index contributed by atoms with van der Waals surface area (Å²) in [7, 11) is 0. The second-order valence-corrected chi connectivity index (χ2v) is 6.71. The van der Waals surface area contributed by atoms with E-state index in [0.717, 1.165) is 6.42 Å². The molecule has 19 heavy (non-hydrogen) atoms. The zero-order valence-corrected chi connectivity index (χ0v) is 11.6. The van der Waals surface area contributed by atoms with Gasteiger partial charge in [0.25, 0.3) is 0 Å². The Bertz CT molecular complexity index is 479. The molecular formula is C15H20O4. The second kappa shape index (κ2) is 3.69. The van der Waals surface area contributed by atoms with Crippen LogP contribution in [-0.4, -0.2) is 28.6 Å². The van der Waals surface area contributed by atoms with Crippen molar-refractivity contribution in [2.75, 3.05) is 0 Å². The fraction of sp³-hybridized carbons (Fsp3) is 0.733. The summed E-state index contributed by atoms with van der Waals surface area (Å²) >= 11 is 0. The second-order valence-electron chi connectivity index (χ2n) is 6.71. The van der Waals surface area contributed by atoms with Crippen LogP contribution in [0.5, 0.6) is 0 Å². The third-order valence-electron chi connectivity index (χ3n) is 5.46. The minimum absolute atomic E-state index is 0.0399. The summed E-state index contributed by atoms with van der Waals surface area (Å²) < 4.78 is 5.51. The number of hydrogen-bond donors (Lipinski definition) is 1. The Kier molecular flexibility index (Phi) is 2.50. The molecular weight excluding hydrogens is 244 g/mol. The number of ether oxygens (including phenoxy) is 1. The zero-order valence-electron chi connectivity index (χ0n) is 11.6. The number of ketones is 1. The Morgan fingerprint density at radius 2 is 2.05 bits per heavy atom. The maximum Gasteiger partial charge on any atom is 0.309 e. The van der Waals surface area contributed by atoms with E-state index < -0.39 is 11.0 Å². The van der Waals surface area contributed by atoms with Crippen molar-refractivity contribution in [1.82, 2.24) is 0 Å². The van der Waals surface area contributed by atoms with Gasteiger partial charge in [-0.3, -0.25) is 9.59 Å². The number of fused-ring (bicyclic) bond motifs is 3. The molecule has 0 bridgehead atoms. The summed E-state index contributed by atoms with van der Waals surface area (Å²) in [5, 5.41) is 10.6. The van der Waals surface area contributed by atoms with Gasteiger partial charge in [-0.25, -0.2) is 0 Å². The van der Waals surface area contributed by atoms with Gasteiger partial charge in [0.15, 0.2) is 5.78 Å². The van der Waals surface area contributed by atoms with Crippen LogP contribution in [0.2, 0.25) is 0 Å². The van der Waals surface area contributed by atoms with Crippen LogP contribution in [0.1, 0.15) is 33.6 Å². The Labute approximate surface area is 112 Å². The van der Waals surface area contributed by atoms with Crippen LogP contribution >= 0.6 is 0 Å². The van der Waals surface area contributed by atoms with Crippen molar-refractivity contribution >= 4 is 11.8 Å². The van der Waals surface area contributed by atoms with Crippen LogP contribution in [0.15, 0.2) is 12.2 Å². The molecule has 1 saturated heterocycles. The Hall–Kier alpha value is -1.16. The molecule has 0 radical (unpaired) electrons. The van der Waals surface area contributed by atoms with Crippen LogP contribution in [0.3, 0.4) is 0 Å². The fourth-order valence-electron chi connectivity index (χ4n) is 4.29.